The zero-order valence-electron chi connectivity index (χ0n) is 9.50. The Morgan fingerprint density at radius 1 is 1.41 bits per heavy atom. The Bertz CT molecular complexity index is 405. The summed E-state index contributed by atoms with van der Waals surface area (Å²) in [4.78, 5) is 11.1. The Morgan fingerprint density at radius 2 is 2.06 bits per heavy atom. The van der Waals surface area contributed by atoms with Gasteiger partial charge in [-0.3, -0.25) is 0 Å². The number of aliphatic hydroxyl groups is 2. The van der Waals surface area contributed by atoms with E-state index in [1.54, 1.807) is 19.1 Å². The Kier molecular flexibility index (Phi) is 4.99. The van der Waals surface area contributed by atoms with Gasteiger partial charge in [0, 0.05) is 5.56 Å². The molecule has 17 heavy (non-hydrogen) atoms. The lowest BCUT2D eigenvalue weighted by atomic mass is 9.93. The van der Waals surface area contributed by atoms with E-state index in [2.05, 4.69) is 12.6 Å². The van der Waals surface area contributed by atoms with E-state index in [4.69, 9.17) is 5.11 Å². The van der Waals surface area contributed by atoms with Crippen LogP contribution in [0.2, 0.25) is 0 Å². The molecule has 0 aliphatic heterocycles. The molecule has 94 valence electrons. The molecule has 2 unspecified atom stereocenters. The first-order valence-corrected chi connectivity index (χ1v) is 5.92. The molecule has 5 heteroatoms. The lowest BCUT2D eigenvalue weighted by molar-refractivity contribution is 0.0159. The van der Waals surface area contributed by atoms with Crippen molar-refractivity contribution >= 4 is 18.6 Å². The largest absolute Gasteiger partial charge is 0.478 e. The predicted molar refractivity (Wildman–Crippen MR) is 67.6 cm³/mol. The quantitative estimate of drug-likeness (QED) is 0.601. The van der Waals surface area contributed by atoms with Crippen molar-refractivity contribution in [3.05, 3.63) is 34.9 Å². The molecular weight excluding hydrogens is 240 g/mol. The molecule has 4 nitrogen and oxygen atoms in total. The van der Waals surface area contributed by atoms with Crippen molar-refractivity contribution in [2.45, 2.75) is 25.6 Å². The Balaban J connectivity index is 3.15. The maximum Gasteiger partial charge on any atom is 0.336 e. The van der Waals surface area contributed by atoms with E-state index in [9.17, 15) is 15.0 Å². The van der Waals surface area contributed by atoms with Crippen molar-refractivity contribution in [3.63, 3.8) is 0 Å². The molecule has 0 saturated carbocycles. The molecule has 1 rings (SSSR count). The predicted octanol–water partition coefficient (Wildman–Crippen LogP) is 1.41. The highest BCUT2D eigenvalue weighted by Gasteiger charge is 2.24. The van der Waals surface area contributed by atoms with Crippen LogP contribution in [0, 0.1) is 6.92 Å². The van der Waals surface area contributed by atoms with E-state index in [0.29, 0.717) is 17.7 Å². The monoisotopic (exact) mass is 256 g/mol. The van der Waals surface area contributed by atoms with E-state index >= 15 is 0 Å². The second-order valence-electron chi connectivity index (χ2n) is 3.87. The van der Waals surface area contributed by atoms with Crippen LogP contribution in [0.25, 0.3) is 0 Å². The van der Waals surface area contributed by atoms with Crippen molar-refractivity contribution < 1.29 is 20.1 Å². The first-order valence-electron chi connectivity index (χ1n) is 5.28. The maximum atomic E-state index is 11.1. The Labute approximate surface area is 105 Å². The third kappa shape index (κ3) is 3.21. The van der Waals surface area contributed by atoms with Gasteiger partial charge in [0.2, 0.25) is 0 Å². The third-order valence-corrected chi connectivity index (χ3v) is 2.90. The number of carboxylic acid groups (broad SMARTS) is 1. The minimum atomic E-state index is -1.20. The van der Waals surface area contributed by atoms with E-state index in [1.807, 2.05) is 0 Å². The van der Waals surface area contributed by atoms with Crippen molar-refractivity contribution in [3.8, 4) is 0 Å². The number of aryl methyl sites for hydroxylation is 1. The van der Waals surface area contributed by atoms with Crippen LogP contribution in [-0.4, -0.2) is 33.1 Å². The summed E-state index contributed by atoms with van der Waals surface area (Å²) in [6, 6.07) is 4.74. The van der Waals surface area contributed by atoms with Gasteiger partial charge >= 0.3 is 5.97 Å². The van der Waals surface area contributed by atoms with Crippen LogP contribution >= 0.6 is 12.6 Å². The fourth-order valence-corrected chi connectivity index (χ4v) is 2.01. The number of carboxylic acids is 1. The summed E-state index contributed by atoms with van der Waals surface area (Å²) in [6.07, 6.45) is -1.90. The van der Waals surface area contributed by atoms with Crippen molar-refractivity contribution in [1.29, 1.82) is 0 Å². The van der Waals surface area contributed by atoms with Crippen LogP contribution in [0.15, 0.2) is 18.2 Å². The summed E-state index contributed by atoms with van der Waals surface area (Å²) in [6.45, 7) is 1.71. The van der Waals surface area contributed by atoms with Gasteiger partial charge in [-0.1, -0.05) is 12.1 Å². The highest BCUT2D eigenvalue weighted by molar-refractivity contribution is 7.80. The second-order valence-corrected chi connectivity index (χ2v) is 4.31. The van der Waals surface area contributed by atoms with Gasteiger partial charge in [-0.05, 0) is 30.7 Å². The fraction of sp³-hybridized carbons (Fsp3) is 0.417. The summed E-state index contributed by atoms with van der Waals surface area (Å²) >= 11 is 3.97. The molecule has 0 heterocycles. The van der Waals surface area contributed by atoms with Gasteiger partial charge in [-0.25, -0.2) is 4.79 Å². The molecule has 1 aromatic rings. The van der Waals surface area contributed by atoms with Crippen LogP contribution < -0.4 is 0 Å². The number of aliphatic hydroxyl groups excluding tert-OH is 2. The standard InChI is InChI=1S/C12H16O4S/c1-7-3-2-4-8(12(15)16)10(7)11(14)9(13)5-6-17/h2-4,9,11,13-14,17H,5-6H2,1H3,(H,15,16). The lowest BCUT2D eigenvalue weighted by Gasteiger charge is -2.21. The molecule has 0 aromatic heterocycles. The van der Waals surface area contributed by atoms with Gasteiger partial charge in [-0.2, -0.15) is 12.6 Å². The van der Waals surface area contributed by atoms with Crippen molar-refractivity contribution in [2.75, 3.05) is 5.75 Å². The van der Waals surface area contributed by atoms with E-state index in [1.165, 1.54) is 6.07 Å². The molecule has 2 atom stereocenters. The normalized spacial score (nSPS) is 14.4. The summed E-state index contributed by atoms with van der Waals surface area (Å²) in [5.41, 5.74) is 0.945. The number of benzene rings is 1. The van der Waals surface area contributed by atoms with Gasteiger partial charge in [0.25, 0.3) is 0 Å². The van der Waals surface area contributed by atoms with Gasteiger partial charge in [0.05, 0.1) is 11.7 Å². The van der Waals surface area contributed by atoms with Crippen molar-refractivity contribution in [2.24, 2.45) is 0 Å². The van der Waals surface area contributed by atoms with Gasteiger partial charge in [-0.15, -0.1) is 0 Å². The molecule has 0 bridgehead atoms. The van der Waals surface area contributed by atoms with Crippen LogP contribution in [0.3, 0.4) is 0 Å². The molecule has 0 fully saturated rings. The average Bonchev–Trinajstić information content (AvgIpc) is 2.28. The summed E-state index contributed by atoms with van der Waals surface area (Å²) in [5, 5.41) is 28.7. The van der Waals surface area contributed by atoms with Crippen LogP contribution in [-0.2, 0) is 0 Å². The number of rotatable bonds is 5. The topological polar surface area (TPSA) is 77.8 Å². The SMILES string of the molecule is Cc1cccc(C(=O)O)c1C(O)C(O)CCS. The average molecular weight is 256 g/mol. The molecule has 0 amide bonds. The highest BCUT2D eigenvalue weighted by atomic mass is 32.1. The molecule has 0 radical (unpaired) electrons. The lowest BCUT2D eigenvalue weighted by Crippen LogP contribution is -2.22. The minimum absolute atomic E-state index is 0.0238. The van der Waals surface area contributed by atoms with Gasteiger partial charge in [0.15, 0.2) is 0 Å². The molecule has 3 N–H and O–H groups in total. The zero-order valence-corrected chi connectivity index (χ0v) is 10.4. The van der Waals surface area contributed by atoms with Crippen LogP contribution in [0.1, 0.15) is 34.0 Å². The van der Waals surface area contributed by atoms with E-state index < -0.39 is 18.2 Å². The van der Waals surface area contributed by atoms with Gasteiger partial charge < -0.3 is 15.3 Å². The number of hydrogen-bond donors (Lipinski definition) is 4. The second kappa shape index (κ2) is 6.05. The summed E-state index contributed by atoms with van der Waals surface area (Å²) in [7, 11) is 0. The number of thiol groups is 1. The fourth-order valence-electron chi connectivity index (χ4n) is 1.74. The molecule has 0 saturated heterocycles. The van der Waals surface area contributed by atoms with E-state index in [-0.39, 0.29) is 11.1 Å². The molecule has 0 aliphatic rings. The van der Waals surface area contributed by atoms with Crippen LogP contribution in [0.4, 0.5) is 0 Å². The zero-order chi connectivity index (χ0) is 13.0. The first kappa shape index (κ1) is 14.0. The number of aromatic carboxylic acids is 1. The maximum absolute atomic E-state index is 11.1. The Hall–Kier alpha value is -1.04. The van der Waals surface area contributed by atoms with Gasteiger partial charge in [0.1, 0.15) is 6.10 Å². The Morgan fingerprint density at radius 3 is 2.59 bits per heavy atom. The molecule has 0 aliphatic carbocycles. The van der Waals surface area contributed by atoms with Crippen LogP contribution in [0.5, 0.6) is 0 Å². The summed E-state index contributed by atoms with van der Waals surface area (Å²) < 4.78 is 0. The van der Waals surface area contributed by atoms with E-state index in [0.717, 1.165) is 0 Å². The first-order chi connectivity index (χ1) is 7.99. The highest BCUT2D eigenvalue weighted by Crippen LogP contribution is 2.26. The molecule has 0 spiro atoms. The van der Waals surface area contributed by atoms with Crippen molar-refractivity contribution in [1.82, 2.24) is 0 Å². The molecule has 1 aromatic carbocycles. The minimum Gasteiger partial charge on any atom is -0.478 e. The smallest absolute Gasteiger partial charge is 0.336 e. The third-order valence-electron chi connectivity index (χ3n) is 2.64. The molecular formula is C12H16O4S. The number of hydrogen-bond acceptors (Lipinski definition) is 4. The summed E-state index contributed by atoms with van der Waals surface area (Å²) in [5.74, 6) is -0.687. The number of carbonyl (C=O) groups is 1.